The third kappa shape index (κ3) is 5.54. The number of hydrogen-bond acceptors (Lipinski definition) is 6. The minimum Gasteiger partial charge on any atom is -0.452 e. The summed E-state index contributed by atoms with van der Waals surface area (Å²) in [4.78, 5) is 36.2. The van der Waals surface area contributed by atoms with E-state index in [1.807, 2.05) is 12.1 Å². The van der Waals surface area contributed by atoms with Crippen LogP contribution < -0.4 is 10.2 Å². The maximum absolute atomic E-state index is 12.0. The van der Waals surface area contributed by atoms with Crippen molar-refractivity contribution in [3.8, 4) is 0 Å². The van der Waals surface area contributed by atoms with Gasteiger partial charge in [-0.1, -0.05) is 0 Å². The van der Waals surface area contributed by atoms with Crippen LogP contribution in [0.4, 0.5) is 17.1 Å². The van der Waals surface area contributed by atoms with E-state index in [9.17, 15) is 19.7 Å². The van der Waals surface area contributed by atoms with Crippen LogP contribution in [0.2, 0.25) is 0 Å². The van der Waals surface area contributed by atoms with Crippen molar-refractivity contribution >= 4 is 28.9 Å². The molecule has 0 aliphatic heterocycles. The van der Waals surface area contributed by atoms with Crippen molar-refractivity contribution in [2.24, 2.45) is 0 Å². The Morgan fingerprint density at radius 1 is 1.11 bits per heavy atom. The molecule has 0 fully saturated rings. The summed E-state index contributed by atoms with van der Waals surface area (Å²) in [5.41, 5.74) is 1.66. The molecular weight excluding hydrogens is 362 g/mol. The lowest BCUT2D eigenvalue weighted by Gasteiger charge is -2.27. The number of non-ortho nitro benzene ring substituents is 1. The Hall–Kier alpha value is -3.42. The van der Waals surface area contributed by atoms with E-state index < -0.39 is 23.4 Å². The number of nitro benzene ring substituents is 1. The summed E-state index contributed by atoms with van der Waals surface area (Å²) in [6.45, 7) is 6.72. The summed E-state index contributed by atoms with van der Waals surface area (Å²) in [6, 6.07) is 12.8. The Morgan fingerprint density at radius 3 is 2.21 bits per heavy atom. The normalized spacial score (nSPS) is 10.4. The molecule has 148 valence electrons. The fraction of sp³-hybridized carbons (Fsp3) is 0.300. The van der Waals surface area contributed by atoms with E-state index in [4.69, 9.17) is 4.74 Å². The van der Waals surface area contributed by atoms with Gasteiger partial charge in [0.15, 0.2) is 6.61 Å². The number of nitro groups is 1. The molecule has 0 spiro atoms. The van der Waals surface area contributed by atoms with Crippen LogP contribution in [-0.4, -0.2) is 36.0 Å². The zero-order valence-corrected chi connectivity index (χ0v) is 16.0. The first-order valence-electron chi connectivity index (χ1n) is 8.90. The van der Waals surface area contributed by atoms with Gasteiger partial charge >= 0.3 is 5.97 Å². The zero-order chi connectivity index (χ0) is 20.7. The number of hydrogen-bond donors (Lipinski definition) is 1. The number of nitrogens with zero attached hydrogens (tertiary/aromatic N) is 2. The molecule has 8 heteroatoms. The van der Waals surface area contributed by atoms with E-state index in [0.29, 0.717) is 11.7 Å². The highest BCUT2D eigenvalue weighted by Crippen LogP contribution is 2.20. The third-order valence-corrected chi connectivity index (χ3v) is 4.09. The Morgan fingerprint density at radius 2 is 1.71 bits per heavy atom. The van der Waals surface area contributed by atoms with Gasteiger partial charge in [0.05, 0.1) is 10.5 Å². The smallest absolute Gasteiger partial charge is 0.338 e. The van der Waals surface area contributed by atoms with E-state index in [0.717, 1.165) is 12.2 Å². The Balaban J connectivity index is 1.88. The summed E-state index contributed by atoms with van der Waals surface area (Å²) in [6.07, 6.45) is 0. The number of rotatable bonds is 8. The van der Waals surface area contributed by atoms with Gasteiger partial charge in [0.25, 0.3) is 11.6 Å². The van der Waals surface area contributed by atoms with Crippen molar-refractivity contribution in [3.05, 3.63) is 64.2 Å². The molecule has 28 heavy (non-hydrogen) atoms. The average Bonchev–Trinajstić information content (AvgIpc) is 2.67. The highest BCUT2D eigenvalue weighted by Gasteiger charge is 2.13. The molecule has 0 saturated heterocycles. The molecular formula is C20H23N3O5. The predicted molar refractivity (Wildman–Crippen MR) is 107 cm³/mol. The second-order valence-corrected chi connectivity index (χ2v) is 6.35. The van der Waals surface area contributed by atoms with E-state index in [1.165, 1.54) is 24.3 Å². The number of carbonyl (C=O) groups excluding carboxylic acids is 2. The molecule has 8 nitrogen and oxygen atoms in total. The molecule has 2 aromatic rings. The summed E-state index contributed by atoms with van der Waals surface area (Å²) >= 11 is 0. The van der Waals surface area contributed by atoms with E-state index in [1.54, 1.807) is 12.1 Å². The number of anilines is 2. The SMILES string of the molecule is CCN(c1ccc(NC(=O)COC(=O)c2ccc([N+](=O)[O-])cc2)cc1)C(C)C. The lowest BCUT2D eigenvalue weighted by molar-refractivity contribution is -0.384. The lowest BCUT2D eigenvalue weighted by Crippen LogP contribution is -2.30. The highest BCUT2D eigenvalue weighted by atomic mass is 16.6. The first kappa shape index (κ1) is 20.9. The minimum absolute atomic E-state index is 0.128. The number of ether oxygens (including phenoxy) is 1. The Bertz CT molecular complexity index is 832. The average molecular weight is 385 g/mol. The van der Waals surface area contributed by atoms with Crippen molar-refractivity contribution in [2.45, 2.75) is 26.8 Å². The number of carbonyl (C=O) groups is 2. The van der Waals surface area contributed by atoms with Gasteiger partial charge in [0.2, 0.25) is 0 Å². The van der Waals surface area contributed by atoms with Crippen LogP contribution in [0.1, 0.15) is 31.1 Å². The second kappa shape index (κ2) is 9.50. The quantitative estimate of drug-likeness (QED) is 0.423. The largest absolute Gasteiger partial charge is 0.452 e. The summed E-state index contributed by atoms with van der Waals surface area (Å²) in [7, 11) is 0. The van der Waals surface area contributed by atoms with Crippen molar-refractivity contribution in [1.82, 2.24) is 0 Å². The molecule has 0 radical (unpaired) electrons. The maximum atomic E-state index is 12.0. The van der Waals surface area contributed by atoms with Crippen LogP contribution >= 0.6 is 0 Å². The van der Waals surface area contributed by atoms with Crippen LogP contribution in [0.3, 0.4) is 0 Å². The van der Waals surface area contributed by atoms with Gasteiger partial charge in [0, 0.05) is 36.1 Å². The van der Waals surface area contributed by atoms with Gasteiger partial charge in [-0.25, -0.2) is 4.79 Å². The monoisotopic (exact) mass is 385 g/mol. The highest BCUT2D eigenvalue weighted by molar-refractivity contribution is 5.95. The molecule has 0 aliphatic rings. The van der Waals surface area contributed by atoms with Crippen LogP contribution in [0.25, 0.3) is 0 Å². The van der Waals surface area contributed by atoms with Gasteiger partial charge < -0.3 is 15.0 Å². The van der Waals surface area contributed by atoms with Gasteiger partial charge in [-0.2, -0.15) is 0 Å². The van der Waals surface area contributed by atoms with E-state index >= 15 is 0 Å². The summed E-state index contributed by atoms with van der Waals surface area (Å²) < 4.78 is 4.94. The van der Waals surface area contributed by atoms with Crippen LogP contribution in [0.5, 0.6) is 0 Å². The molecule has 1 amide bonds. The predicted octanol–water partition coefficient (Wildman–Crippen LogP) is 3.63. The Labute approximate surface area is 163 Å². The molecule has 2 aromatic carbocycles. The molecule has 0 aliphatic carbocycles. The van der Waals surface area contributed by atoms with Gasteiger partial charge in [-0.15, -0.1) is 0 Å². The molecule has 0 aromatic heterocycles. The molecule has 0 bridgehead atoms. The van der Waals surface area contributed by atoms with Crippen molar-refractivity contribution in [1.29, 1.82) is 0 Å². The first-order valence-corrected chi connectivity index (χ1v) is 8.90. The van der Waals surface area contributed by atoms with E-state index in [-0.39, 0.29) is 11.3 Å². The molecule has 1 N–H and O–H groups in total. The fourth-order valence-corrected chi connectivity index (χ4v) is 2.71. The number of nitrogens with one attached hydrogen (secondary N) is 1. The van der Waals surface area contributed by atoms with Gasteiger partial charge in [-0.3, -0.25) is 14.9 Å². The third-order valence-electron chi connectivity index (χ3n) is 4.09. The van der Waals surface area contributed by atoms with Gasteiger partial charge in [-0.05, 0) is 57.2 Å². The topological polar surface area (TPSA) is 102 Å². The molecule has 0 saturated carbocycles. The first-order chi connectivity index (χ1) is 13.3. The Kier molecular flexibility index (Phi) is 7.08. The summed E-state index contributed by atoms with van der Waals surface area (Å²) in [5.74, 6) is -1.20. The molecule has 0 atom stereocenters. The van der Waals surface area contributed by atoms with Crippen molar-refractivity contribution < 1.29 is 19.2 Å². The minimum atomic E-state index is -0.726. The van der Waals surface area contributed by atoms with Crippen molar-refractivity contribution in [3.63, 3.8) is 0 Å². The second-order valence-electron chi connectivity index (χ2n) is 6.35. The van der Waals surface area contributed by atoms with Crippen LogP contribution in [0, 0.1) is 10.1 Å². The number of esters is 1. The van der Waals surface area contributed by atoms with E-state index in [2.05, 4.69) is 31.0 Å². The molecule has 0 heterocycles. The maximum Gasteiger partial charge on any atom is 0.338 e. The fourth-order valence-electron chi connectivity index (χ4n) is 2.71. The lowest BCUT2D eigenvalue weighted by atomic mass is 10.2. The summed E-state index contributed by atoms with van der Waals surface area (Å²) in [5, 5.41) is 13.3. The molecule has 0 unspecified atom stereocenters. The zero-order valence-electron chi connectivity index (χ0n) is 16.0. The number of amides is 1. The van der Waals surface area contributed by atoms with Crippen molar-refractivity contribution in [2.75, 3.05) is 23.4 Å². The standard InChI is InChI=1S/C20H23N3O5/c1-4-22(14(2)3)17-11-7-16(8-12-17)21-19(24)13-28-20(25)15-5-9-18(10-6-15)23(26)27/h5-12,14H,4,13H2,1-3H3,(H,21,24). The van der Waals surface area contributed by atoms with Crippen LogP contribution in [-0.2, 0) is 9.53 Å². The molecule has 2 rings (SSSR count). The van der Waals surface area contributed by atoms with Crippen LogP contribution in [0.15, 0.2) is 48.5 Å². The number of benzene rings is 2. The van der Waals surface area contributed by atoms with Gasteiger partial charge in [0.1, 0.15) is 0 Å².